The summed E-state index contributed by atoms with van der Waals surface area (Å²) in [4.78, 5) is 19.5. The number of fused-ring (bicyclic) bond motifs is 1. The number of aromatic nitrogens is 2. The van der Waals surface area contributed by atoms with E-state index < -0.39 is 11.8 Å². The molecular formula is C14H11FN4O2. The summed E-state index contributed by atoms with van der Waals surface area (Å²) in [6.45, 7) is 0. The molecule has 0 radical (unpaired) electrons. The molecule has 0 aliphatic rings. The number of urea groups is 1. The second-order valence-electron chi connectivity index (χ2n) is 4.24. The first-order valence-corrected chi connectivity index (χ1v) is 6.17. The first-order valence-electron chi connectivity index (χ1n) is 6.17. The molecule has 0 unspecified atom stereocenters. The maximum atomic E-state index is 14.0. The van der Waals surface area contributed by atoms with E-state index >= 15 is 0 Å². The van der Waals surface area contributed by atoms with Crippen molar-refractivity contribution in [2.75, 3.05) is 12.4 Å². The van der Waals surface area contributed by atoms with Crippen molar-refractivity contribution in [2.45, 2.75) is 0 Å². The summed E-state index contributed by atoms with van der Waals surface area (Å²) in [6.07, 6.45) is 1.58. The highest BCUT2D eigenvalue weighted by molar-refractivity contribution is 5.89. The van der Waals surface area contributed by atoms with Crippen molar-refractivity contribution in [1.29, 1.82) is 0 Å². The minimum absolute atomic E-state index is 0.113. The third-order valence-electron chi connectivity index (χ3n) is 2.85. The van der Waals surface area contributed by atoms with Crippen LogP contribution in [0.2, 0.25) is 0 Å². The normalized spacial score (nSPS) is 10.6. The second kappa shape index (κ2) is 5.20. The Kier molecular flexibility index (Phi) is 3.23. The number of nitrogens with one attached hydrogen (secondary N) is 2. The van der Waals surface area contributed by atoms with Crippen LogP contribution in [0.1, 0.15) is 0 Å². The summed E-state index contributed by atoms with van der Waals surface area (Å²) >= 11 is 0. The number of hydrogen-bond acceptors (Lipinski definition) is 4. The summed E-state index contributed by atoms with van der Waals surface area (Å²) in [5, 5.41) is 4.98. The topological polar surface area (TPSA) is 80.0 Å². The molecule has 0 aliphatic carbocycles. The number of carbonyl (C=O) groups excluding carboxylic acids is 1. The Labute approximate surface area is 119 Å². The highest BCUT2D eigenvalue weighted by Crippen LogP contribution is 2.27. The Morgan fingerprint density at radius 2 is 2.19 bits per heavy atom. The number of rotatable bonds is 2. The van der Waals surface area contributed by atoms with Crippen molar-refractivity contribution < 1.29 is 13.6 Å². The van der Waals surface area contributed by atoms with Gasteiger partial charge in [-0.2, -0.15) is 4.98 Å². The van der Waals surface area contributed by atoms with Crippen LogP contribution in [-0.4, -0.2) is 23.0 Å². The van der Waals surface area contributed by atoms with E-state index in [4.69, 9.17) is 4.42 Å². The number of anilines is 1. The first kappa shape index (κ1) is 13.0. The predicted molar refractivity (Wildman–Crippen MR) is 75.3 cm³/mol. The molecular weight excluding hydrogens is 275 g/mol. The number of oxazole rings is 1. The van der Waals surface area contributed by atoms with Gasteiger partial charge in [0.2, 0.25) is 5.89 Å². The van der Waals surface area contributed by atoms with E-state index in [1.54, 1.807) is 18.3 Å². The van der Waals surface area contributed by atoms with Gasteiger partial charge in [0, 0.05) is 18.9 Å². The molecule has 0 saturated heterocycles. The van der Waals surface area contributed by atoms with E-state index in [-0.39, 0.29) is 11.5 Å². The monoisotopic (exact) mass is 286 g/mol. The number of carbonyl (C=O) groups is 1. The van der Waals surface area contributed by atoms with Gasteiger partial charge in [0.25, 0.3) is 0 Å². The zero-order valence-corrected chi connectivity index (χ0v) is 11.1. The second-order valence-corrected chi connectivity index (χ2v) is 4.24. The van der Waals surface area contributed by atoms with Gasteiger partial charge in [-0.05, 0) is 30.3 Å². The van der Waals surface area contributed by atoms with Crippen molar-refractivity contribution in [3.63, 3.8) is 0 Å². The SMILES string of the molecule is CNC(=O)Nc1ccc(F)c(-c2nc3ncccc3o2)c1. The van der Waals surface area contributed by atoms with E-state index in [0.29, 0.717) is 16.9 Å². The fraction of sp³-hybridized carbons (Fsp3) is 0.0714. The molecule has 7 heteroatoms. The molecule has 1 aromatic carbocycles. The maximum absolute atomic E-state index is 14.0. The molecule has 106 valence electrons. The molecule has 3 rings (SSSR count). The van der Waals surface area contributed by atoms with E-state index in [2.05, 4.69) is 20.6 Å². The third kappa shape index (κ3) is 2.53. The molecule has 0 atom stereocenters. The highest BCUT2D eigenvalue weighted by atomic mass is 19.1. The third-order valence-corrected chi connectivity index (χ3v) is 2.85. The fourth-order valence-electron chi connectivity index (χ4n) is 1.84. The molecule has 0 saturated carbocycles. The van der Waals surface area contributed by atoms with Gasteiger partial charge < -0.3 is 15.1 Å². The van der Waals surface area contributed by atoms with Gasteiger partial charge in [-0.3, -0.25) is 0 Å². The number of amides is 2. The minimum Gasteiger partial charge on any atom is -0.434 e. The summed E-state index contributed by atoms with van der Waals surface area (Å²) in [7, 11) is 1.49. The zero-order chi connectivity index (χ0) is 14.8. The van der Waals surface area contributed by atoms with Crippen LogP contribution in [0, 0.1) is 5.82 Å². The molecule has 0 spiro atoms. The number of nitrogens with zero attached hydrogens (tertiary/aromatic N) is 2. The van der Waals surface area contributed by atoms with Gasteiger partial charge in [-0.15, -0.1) is 0 Å². The van der Waals surface area contributed by atoms with Gasteiger partial charge in [0.15, 0.2) is 11.2 Å². The molecule has 6 nitrogen and oxygen atoms in total. The van der Waals surface area contributed by atoms with Gasteiger partial charge in [0.1, 0.15) is 5.82 Å². The Balaban J connectivity index is 2.04. The summed E-state index contributed by atoms with van der Waals surface area (Å²) in [5.74, 6) is -0.384. The van der Waals surface area contributed by atoms with Crippen molar-refractivity contribution in [3.05, 3.63) is 42.3 Å². The largest absolute Gasteiger partial charge is 0.434 e. The molecule has 2 heterocycles. The number of pyridine rings is 1. The summed E-state index contributed by atoms with van der Waals surface area (Å²) in [5.41, 5.74) is 1.45. The van der Waals surface area contributed by atoms with E-state index in [9.17, 15) is 9.18 Å². The van der Waals surface area contributed by atoms with Crippen molar-refractivity contribution >= 4 is 22.9 Å². The fourth-order valence-corrected chi connectivity index (χ4v) is 1.84. The Morgan fingerprint density at radius 1 is 1.33 bits per heavy atom. The van der Waals surface area contributed by atoms with Crippen molar-refractivity contribution in [1.82, 2.24) is 15.3 Å². The Hall–Kier alpha value is -2.96. The van der Waals surface area contributed by atoms with Crippen molar-refractivity contribution in [2.24, 2.45) is 0 Å². The number of halogens is 1. The van der Waals surface area contributed by atoms with Crippen LogP contribution < -0.4 is 10.6 Å². The average molecular weight is 286 g/mol. The Bertz CT molecular complexity index is 783. The van der Waals surface area contributed by atoms with Gasteiger partial charge in [-0.25, -0.2) is 14.2 Å². The van der Waals surface area contributed by atoms with Crippen LogP contribution in [0.25, 0.3) is 22.7 Å². The molecule has 2 N–H and O–H groups in total. The number of benzene rings is 1. The average Bonchev–Trinajstić information content (AvgIpc) is 2.92. The van der Waals surface area contributed by atoms with Crippen LogP contribution in [0.15, 0.2) is 40.9 Å². The molecule has 21 heavy (non-hydrogen) atoms. The maximum Gasteiger partial charge on any atom is 0.318 e. The Morgan fingerprint density at radius 3 is 2.95 bits per heavy atom. The predicted octanol–water partition coefficient (Wildman–Crippen LogP) is 2.78. The van der Waals surface area contributed by atoms with Gasteiger partial charge in [0.05, 0.1) is 5.56 Å². The van der Waals surface area contributed by atoms with Gasteiger partial charge >= 0.3 is 6.03 Å². The van der Waals surface area contributed by atoms with Crippen LogP contribution in [0.5, 0.6) is 0 Å². The van der Waals surface area contributed by atoms with E-state index in [1.807, 2.05) is 0 Å². The minimum atomic E-state index is -0.496. The molecule has 0 fully saturated rings. The zero-order valence-electron chi connectivity index (χ0n) is 11.1. The molecule has 0 bridgehead atoms. The quantitative estimate of drug-likeness (QED) is 0.759. The first-order chi connectivity index (χ1) is 10.2. The van der Waals surface area contributed by atoms with Crippen LogP contribution in [0.4, 0.5) is 14.9 Å². The lowest BCUT2D eigenvalue weighted by atomic mass is 10.2. The highest BCUT2D eigenvalue weighted by Gasteiger charge is 2.14. The van der Waals surface area contributed by atoms with E-state index in [1.165, 1.54) is 25.2 Å². The van der Waals surface area contributed by atoms with Crippen LogP contribution in [-0.2, 0) is 0 Å². The smallest absolute Gasteiger partial charge is 0.318 e. The number of hydrogen-bond donors (Lipinski definition) is 2. The van der Waals surface area contributed by atoms with Gasteiger partial charge in [-0.1, -0.05) is 0 Å². The molecule has 2 amide bonds. The summed E-state index contributed by atoms with van der Waals surface area (Å²) < 4.78 is 19.4. The van der Waals surface area contributed by atoms with Crippen molar-refractivity contribution in [3.8, 4) is 11.5 Å². The molecule has 3 aromatic rings. The molecule has 2 aromatic heterocycles. The lowest BCUT2D eigenvalue weighted by molar-refractivity contribution is 0.254. The lowest BCUT2D eigenvalue weighted by Crippen LogP contribution is -2.24. The standard InChI is InChI=1S/C14H11FN4O2/c1-16-14(20)18-8-4-5-10(15)9(7-8)13-19-12-11(21-13)3-2-6-17-12/h2-7H,1H3,(H2,16,18,20). The molecule has 0 aliphatic heterocycles. The van der Waals surface area contributed by atoms with Crippen LogP contribution in [0.3, 0.4) is 0 Å². The van der Waals surface area contributed by atoms with E-state index in [0.717, 1.165) is 0 Å². The summed E-state index contributed by atoms with van der Waals surface area (Å²) in [6, 6.07) is 7.15. The lowest BCUT2D eigenvalue weighted by Gasteiger charge is -2.06. The van der Waals surface area contributed by atoms with Crippen LogP contribution >= 0.6 is 0 Å².